The van der Waals surface area contributed by atoms with E-state index >= 15 is 0 Å². The topological polar surface area (TPSA) is 83.5 Å². The second kappa shape index (κ2) is 6.87. The monoisotopic (exact) mass is 255 g/mol. The van der Waals surface area contributed by atoms with Gasteiger partial charge in [-0.05, 0) is 12.8 Å². The number of rotatable bonds is 7. The standard InChI is InChI=1S/C9H12F3NO4/c10-9(11,12)8(17)13-5-6(14)3-1-2-4-7(15)16/h1-5H2,(H,13,17)(H,15,16). The Balaban J connectivity index is 3.67. The van der Waals surface area contributed by atoms with Gasteiger partial charge < -0.3 is 10.4 Å². The van der Waals surface area contributed by atoms with Gasteiger partial charge in [0.05, 0.1) is 6.54 Å². The van der Waals surface area contributed by atoms with Gasteiger partial charge >= 0.3 is 18.1 Å². The maximum atomic E-state index is 11.7. The number of hydrogen-bond donors (Lipinski definition) is 2. The largest absolute Gasteiger partial charge is 0.481 e. The number of carboxylic acid groups (broad SMARTS) is 1. The molecular weight excluding hydrogens is 243 g/mol. The lowest BCUT2D eigenvalue weighted by Gasteiger charge is -2.06. The Morgan fingerprint density at radius 2 is 1.59 bits per heavy atom. The summed E-state index contributed by atoms with van der Waals surface area (Å²) in [7, 11) is 0. The summed E-state index contributed by atoms with van der Waals surface area (Å²) in [6.45, 7) is -0.689. The number of amides is 1. The fourth-order valence-electron chi connectivity index (χ4n) is 0.966. The van der Waals surface area contributed by atoms with E-state index in [1.54, 1.807) is 0 Å². The van der Waals surface area contributed by atoms with E-state index in [1.165, 1.54) is 5.32 Å². The van der Waals surface area contributed by atoms with E-state index in [9.17, 15) is 27.6 Å². The average molecular weight is 255 g/mol. The Labute approximate surface area is 95.0 Å². The molecule has 0 aliphatic rings. The zero-order chi connectivity index (χ0) is 13.5. The Morgan fingerprint density at radius 1 is 1.06 bits per heavy atom. The lowest BCUT2D eigenvalue weighted by atomic mass is 10.1. The second-order valence-electron chi connectivity index (χ2n) is 3.32. The van der Waals surface area contributed by atoms with Crippen LogP contribution in [0.1, 0.15) is 25.7 Å². The van der Waals surface area contributed by atoms with E-state index in [1.807, 2.05) is 0 Å². The van der Waals surface area contributed by atoms with Gasteiger partial charge in [0.2, 0.25) is 0 Å². The minimum absolute atomic E-state index is 0.0502. The van der Waals surface area contributed by atoms with Crippen molar-refractivity contribution in [3.8, 4) is 0 Å². The number of Topliss-reactive ketones (excluding diaryl/α,β-unsaturated/α-hetero) is 1. The van der Waals surface area contributed by atoms with E-state index in [2.05, 4.69) is 0 Å². The zero-order valence-corrected chi connectivity index (χ0v) is 8.84. The molecule has 0 aromatic carbocycles. The van der Waals surface area contributed by atoms with Gasteiger partial charge in [-0.25, -0.2) is 0 Å². The first-order valence-corrected chi connectivity index (χ1v) is 4.82. The van der Waals surface area contributed by atoms with Gasteiger partial charge in [-0.2, -0.15) is 13.2 Å². The van der Waals surface area contributed by atoms with Crippen molar-refractivity contribution in [1.29, 1.82) is 0 Å². The Morgan fingerprint density at radius 3 is 2.06 bits per heavy atom. The minimum Gasteiger partial charge on any atom is -0.481 e. The molecule has 0 rings (SSSR count). The molecule has 17 heavy (non-hydrogen) atoms. The Bertz CT molecular complexity index is 301. The fourth-order valence-corrected chi connectivity index (χ4v) is 0.966. The van der Waals surface area contributed by atoms with Crippen molar-refractivity contribution < 1.29 is 32.7 Å². The number of nitrogens with one attached hydrogen (secondary N) is 1. The molecule has 5 nitrogen and oxygen atoms in total. The average Bonchev–Trinajstić information content (AvgIpc) is 2.19. The maximum Gasteiger partial charge on any atom is 0.471 e. The highest BCUT2D eigenvalue weighted by atomic mass is 19.4. The number of unbranched alkanes of at least 4 members (excludes halogenated alkanes) is 1. The summed E-state index contributed by atoms with van der Waals surface area (Å²) in [6, 6.07) is 0. The summed E-state index contributed by atoms with van der Waals surface area (Å²) in [5.41, 5.74) is 0. The first kappa shape index (κ1) is 15.4. The fraction of sp³-hybridized carbons (Fsp3) is 0.667. The molecule has 8 heteroatoms. The number of aliphatic carboxylic acids is 1. The van der Waals surface area contributed by atoms with E-state index in [4.69, 9.17) is 5.11 Å². The molecule has 0 fully saturated rings. The summed E-state index contributed by atoms with van der Waals surface area (Å²) in [5.74, 6) is -3.72. The van der Waals surface area contributed by atoms with Crippen molar-refractivity contribution in [2.75, 3.05) is 6.54 Å². The molecule has 1 amide bonds. The van der Waals surface area contributed by atoms with Crippen LogP contribution in [0.25, 0.3) is 0 Å². The predicted octanol–water partition coefficient (Wildman–Crippen LogP) is 0.879. The summed E-state index contributed by atoms with van der Waals surface area (Å²) in [6.07, 6.45) is -4.60. The first-order chi connectivity index (χ1) is 7.73. The smallest absolute Gasteiger partial charge is 0.471 e. The van der Waals surface area contributed by atoms with Crippen LogP contribution in [0, 0.1) is 0 Å². The van der Waals surface area contributed by atoms with Gasteiger partial charge in [0.25, 0.3) is 0 Å². The molecule has 0 heterocycles. The van der Waals surface area contributed by atoms with E-state index in [0.29, 0.717) is 0 Å². The Kier molecular flexibility index (Phi) is 6.22. The van der Waals surface area contributed by atoms with Crippen molar-refractivity contribution in [2.24, 2.45) is 0 Å². The third-order valence-electron chi connectivity index (χ3n) is 1.80. The van der Waals surface area contributed by atoms with Gasteiger partial charge in [0.1, 0.15) is 0 Å². The van der Waals surface area contributed by atoms with Gasteiger partial charge in [0.15, 0.2) is 5.78 Å². The van der Waals surface area contributed by atoms with Crippen LogP contribution in [0.4, 0.5) is 13.2 Å². The predicted molar refractivity (Wildman–Crippen MR) is 50.2 cm³/mol. The molecule has 0 radical (unpaired) electrons. The molecule has 0 spiro atoms. The number of carbonyl (C=O) groups excluding carboxylic acids is 2. The van der Waals surface area contributed by atoms with Crippen LogP contribution < -0.4 is 5.32 Å². The summed E-state index contributed by atoms with van der Waals surface area (Å²) < 4.78 is 35.1. The molecule has 0 saturated heterocycles. The number of ketones is 1. The van der Waals surface area contributed by atoms with Crippen molar-refractivity contribution in [1.82, 2.24) is 5.32 Å². The summed E-state index contributed by atoms with van der Waals surface area (Å²) in [4.78, 5) is 31.4. The molecular formula is C9H12F3NO4. The van der Waals surface area contributed by atoms with Crippen LogP contribution in [0.5, 0.6) is 0 Å². The molecule has 0 saturated carbocycles. The number of carboxylic acids is 1. The van der Waals surface area contributed by atoms with Crippen LogP contribution in [-0.2, 0) is 14.4 Å². The molecule has 0 aliphatic carbocycles. The lowest BCUT2D eigenvalue weighted by Crippen LogP contribution is -2.39. The zero-order valence-electron chi connectivity index (χ0n) is 8.84. The molecule has 2 N–H and O–H groups in total. The first-order valence-electron chi connectivity index (χ1n) is 4.82. The van der Waals surface area contributed by atoms with Crippen molar-refractivity contribution in [3.05, 3.63) is 0 Å². The van der Waals surface area contributed by atoms with Crippen LogP contribution in [0.2, 0.25) is 0 Å². The van der Waals surface area contributed by atoms with Crippen molar-refractivity contribution >= 4 is 17.7 Å². The van der Waals surface area contributed by atoms with Gasteiger partial charge in [-0.3, -0.25) is 14.4 Å². The third-order valence-corrected chi connectivity index (χ3v) is 1.80. The SMILES string of the molecule is O=C(O)CCCCC(=O)CNC(=O)C(F)(F)F. The third kappa shape index (κ3) is 8.23. The van der Waals surface area contributed by atoms with E-state index in [0.717, 1.165) is 0 Å². The van der Waals surface area contributed by atoms with Crippen LogP contribution in [0.3, 0.4) is 0 Å². The maximum absolute atomic E-state index is 11.7. The minimum atomic E-state index is -5.00. The molecule has 0 bridgehead atoms. The van der Waals surface area contributed by atoms with Crippen molar-refractivity contribution in [3.63, 3.8) is 0 Å². The van der Waals surface area contributed by atoms with Crippen LogP contribution in [-0.4, -0.2) is 35.5 Å². The summed E-state index contributed by atoms with van der Waals surface area (Å²) >= 11 is 0. The second-order valence-corrected chi connectivity index (χ2v) is 3.32. The molecule has 0 unspecified atom stereocenters. The highest BCUT2D eigenvalue weighted by Gasteiger charge is 2.38. The number of hydrogen-bond acceptors (Lipinski definition) is 3. The van der Waals surface area contributed by atoms with Crippen molar-refractivity contribution in [2.45, 2.75) is 31.9 Å². The molecule has 0 aliphatic heterocycles. The molecule has 0 aromatic rings. The molecule has 98 valence electrons. The Hall–Kier alpha value is -1.60. The number of carbonyl (C=O) groups is 3. The quantitative estimate of drug-likeness (QED) is 0.661. The van der Waals surface area contributed by atoms with Crippen LogP contribution >= 0.6 is 0 Å². The van der Waals surface area contributed by atoms with Crippen LogP contribution in [0.15, 0.2) is 0 Å². The van der Waals surface area contributed by atoms with E-state index in [-0.39, 0.29) is 25.7 Å². The summed E-state index contributed by atoms with van der Waals surface area (Å²) in [5, 5.41) is 9.72. The highest BCUT2D eigenvalue weighted by molar-refractivity contribution is 5.88. The lowest BCUT2D eigenvalue weighted by molar-refractivity contribution is -0.173. The molecule has 0 atom stereocenters. The normalized spacial score (nSPS) is 11.0. The van der Waals surface area contributed by atoms with Gasteiger partial charge in [0, 0.05) is 12.8 Å². The highest BCUT2D eigenvalue weighted by Crippen LogP contribution is 2.13. The number of alkyl halides is 3. The van der Waals surface area contributed by atoms with E-state index < -0.39 is 30.4 Å². The molecule has 0 aromatic heterocycles. The van der Waals surface area contributed by atoms with Gasteiger partial charge in [-0.1, -0.05) is 0 Å². The van der Waals surface area contributed by atoms with Gasteiger partial charge in [-0.15, -0.1) is 0 Å². The number of halogens is 3.